The largest absolute Gasteiger partial charge is 0.465 e. The van der Waals surface area contributed by atoms with Gasteiger partial charge < -0.3 is 15.3 Å². The molecule has 1 fully saturated rings. The van der Waals surface area contributed by atoms with Crippen LogP contribution in [-0.2, 0) is 9.84 Å². The first-order valence-electron chi connectivity index (χ1n) is 9.47. The number of nitrogens with one attached hydrogen (secondary N) is 1. The quantitative estimate of drug-likeness (QED) is 0.818. The Morgan fingerprint density at radius 1 is 1.11 bits per heavy atom. The van der Waals surface area contributed by atoms with Crippen LogP contribution in [0.4, 0.5) is 10.5 Å². The third-order valence-electron chi connectivity index (χ3n) is 6.28. The molecule has 2 aromatic carbocycles. The van der Waals surface area contributed by atoms with Crippen LogP contribution in [0.1, 0.15) is 31.2 Å². The Bertz CT molecular complexity index is 996. The number of fused-ring (bicyclic) bond motifs is 1. The van der Waals surface area contributed by atoms with Gasteiger partial charge in [-0.2, -0.15) is 0 Å². The maximum absolute atomic E-state index is 13.0. The van der Waals surface area contributed by atoms with Crippen LogP contribution in [-0.4, -0.2) is 44.2 Å². The minimum Gasteiger partial charge on any atom is -0.465 e. The Hall–Kier alpha value is -2.54. The summed E-state index contributed by atoms with van der Waals surface area (Å²) < 4.78 is 26.0. The molecule has 1 saturated heterocycles. The number of anilines is 1. The number of rotatable bonds is 3. The average Bonchev–Trinajstić information content (AvgIpc) is 3.13. The molecule has 0 spiro atoms. The second kappa shape index (κ2) is 6.81. The smallest absolute Gasteiger partial charge is 0.407 e. The molecule has 2 aromatic rings. The first kappa shape index (κ1) is 18.8. The van der Waals surface area contributed by atoms with Gasteiger partial charge in [0.15, 0.2) is 0 Å². The summed E-state index contributed by atoms with van der Waals surface area (Å²) in [6, 6.07) is 13.8. The SMILES string of the molecule is CC1(C2CNc3ccc(S(=O)(=O)c4ccccc4)cc32)CCN(C(=O)O)CC1. The van der Waals surface area contributed by atoms with Crippen molar-refractivity contribution in [3.8, 4) is 0 Å². The molecule has 0 saturated carbocycles. The summed E-state index contributed by atoms with van der Waals surface area (Å²) in [6.07, 6.45) is 0.657. The Morgan fingerprint density at radius 2 is 1.79 bits per heavy atom. The van der Waals surface area contributed by atoms with Crippen molar-refractivity contribution in [1.29, 1.82) is 0 Å². The van der Waals surface area contributed by atoms with Gasteiger partial charge in [-0.15, -0.1) is 0 Å². The molecule has 0 aromatic heterocycles. The van der Waals surface area contributed by atoms with Crippen LogP contribution in [0, 0.1) is 5.41 Å². The van der Waals surface area contributed by atoms with E-state index >= 15 is 0 Å². The monoisotopic (exact) mass is 400 g/mol. The molecule has 2 aliphatic heterocycles. The summed E-state index contributed by atoms with van der Waals surface area (Å²) in [6.45, 7) is 3.96. The molecule has 2 aliphatic rings. The van der Waals surface area contributed by atoms with Gasteiger partial charge in [-0.3, -0.25) is 0 Å². The van der Waals surface area contributed by atoms with Crippen LogP contribution < -0.4 is 5.32 Å². The minimum atomic E-state index is -3.57. The molecule has 1 unspecified atom stereocenters. The number of likely N-dealkylation sites (tertiary alicyclic amines) is 1. The van der Waals surface area contributed by atoms with E-state index in [2.05, 4.69) is 12.2 Å². The predicted molar refractivity (Wildman–Crippen MR) is 107 cm³/mol. The lowest BCUT2D eigenvalue weighted by Gasteiger charge is -2.42. The van der Waals surface area contributed by atoms with Crippen molar-refractivity contribution in [1.82, 2.24) is 4.90 Å². The second-order valence-corrected chi connectivity index (χ2v) is 9.87. The molecule has 1 atom stereocenters. The van der Waals surface area contributed by atoms with Crippen molar-refractivity contribution in [2.24, 2.45) is 5.41 Å². The van der Waals surface area contributed by atoms with Crippen molar-refractivity contribution in [2.75, 3.05) is 25.0 Å². The van der Waals surface area contributed by atoms with Gasteiger partial charge in [0.2, 0.25) is 9.84 Å². The van der Waals surface area contributed by atoms with E-state index < -0.39 is 15.9 Å². The van der Waals surface area contributed by atoms with Gasteiger partial charge in [-0.05, 0) is 54.2 Å². The van der Waals surface area contributed by atoms with Gasteiger partial charge in [0.1, 0.15) is 0 Å². The number of hydrogen-bond donors (Lipinski definition) is 2. The standard InChI is InChI=1S/C21H24N2O4S/c1-21(9-11-23(12-10-21)20(24)25)18-14-22-19-8-7-16(13-17(18)19)28(26,27)15-5-3-2-4-6-15/h2-8,13,18,22H,9-12,14H2,1H3,(H,24,25). The molecule has 2 heterocycles. The van der Waals surface area contributed by atoms with Crippen LogP contribution in [0.15, 0.2) is 58.3 Å². The van der Waals surface area contributed by atoms with Crippen molar-refractivity contribution < 1.29 is 18.3 Å². The third-order valence-corrected chi connectivity index (χ3v) is 8.04. The van der Waals surface area contributed by atoms with Crippen molar-refractivity contribution in [2.45, 2.75) is 35.5 Å². The number of carboxylic acid groups (broad SMARTS) is 1. The van der Waals surface area contributed by atoms with Crippen LogP contribution in [0.5, 0.6) is 0 Å². The van der Waals surface area contributed by atoms with Gasteiger partial charge in [-0.25, -0.2) is 13.2 Å². The molecular formula is C21H24N2O4S. The van der Waals surface area contributed by atoms with E-state index in [4.69, 9.17) is 0 Å². The molecule has 28 heavy (non-hydrogen) atoms. The van der Waals surface area contributed by atoms with Gasteiger partial charge >= 0.3 is 6.09 Å². The zero-order chi connectivity index (χ0) is 19.9. The van der Waals surface area contributed by atoms with Gasteiger partial charge in [0.25, 0.3) is 0 Å². The molecule has 2 N–H and O–H groups in total. The number of hydrogen-bond acceptors (Lipinski definition) is 4. The zero-order valence-electron chi connectivity index (χ0n) is 15.8. The fourth-order valence-corrected chi connectivity index (χ4v) is 5.71. The number of sulfone groups is 1. The Morgan fingerprint density at radius 3 is 2.43 bits per heavy atom. The summed E-state index contributed by atoms with van der Waals surface area (Å²) in [5.74, 6) is 0.157. The summed E-state index contributed by atoms with van der Waals surface area (Å²) in [7, 11) is -3.57. The third kappa shape index (κ3) is 3.13. The number of piperidine rings is 1. The Balaban J connectivity index is 1.66. The number of benzene rings is 2. The highest BCUT2D eigenvalue weighted by Crippen LogP contribution is 2.49. The van der Waals surface area contributed by atoms with E-state index in [9.17, 15) is 18.3 Å². The van der Waals surface area contributed by atoms with Crippen molar-refractivity contribution in [3.63, 3.8) is 0 Å². The maximum atomic E-state index is 13.0. The number of nitrogens with zero attached hydrogens (tertiary/aromatic N) is 1. The summed E-state index contributed by atoms with van der Waals surface area (Å²) in [5.41, 5.74) is 1.92. The van der Waals surface area contributed by atoms with Crippen molar-refractivity contribution in [3.05, 3.63) is 54.1 Å². The Kier molecular flexibility index (Phi) is 4.57. The van der Waals surface area contributed by atoms with E-state index in [1.54, 1.807) is 42.5 Å². The zero-order valence-corrected chi connectivity index (χ0v) is 16.6. The second-order valence-electron chi connectivity index (χ2n) is 7.92. The molecular weight excluding hydrogens is 376 g/mol. The predicted octanol–water partition coefficient (Wildman–Crippen LogP) is 3.81. The van der Waals surface area contributed by atoms with Crippen LogP contribution >= 0.6 is 0 Å². The highest BCUT2D eigenvalue weighted by atomic mass is 32.2. The number of carbonyl (C=O) groups is 1. The van der Waals surface area contributed by atoms with E-state index in [0.29, 0.717) is 22.9 Å². The van der Waals surface area contributed by atoms with Crippen LogP contribution in [0.2, 0.25) is 0 Å². The topological polar surface area (TPSA) is 86.7 Å². The van der Waals surface area contributed by atoms with E-state index in [-0.39, 0.29) is 11.3 Å². The highest BCUT2D eigenvalue weighted by molar-refractivity contribution is 7.91. The maximum Gasteiger partial charge on any atom is 0.407 e. The molecule has 0 bridgehead atoms. The van der Waals surface area contributed by atoms with E-state index in [1.807, 2.05) is 6.07 Å². The molecule has 7 heteroatoms. The van der Waals surface area contributed by atoms with E-state index in [0.717, 1.165) is 30.6 Å². The minimum absolute atomic E-state index is 0.0701. The lowest BCUT2D eigenvalue weighted by Crippen LogP contribution is -2.44. The van der Waals surface area contributed by atoms with E-state index in [1.165, 1.54) is 4.90 Å². The molecule has 1 amide bonds. The van der Waals surface area contributed by atoms with Crippen LogP contribution in [0.25, 0.3) is 0 Å². The molecule has 4 rings (SSSR count). The highest BCUT2D eigenvalue weighted by Gasteiger charge is 2.42. The molecule has 0 aliphatic carbocycles. The lowest BCUT2D eigenvalue weighted by atomic mass is 9.68. The van der Waals surface area contributed by atoms with Gasteiger partial charge in [-0.1, -0.05) is 25.1 Å². The first-order valence-corrected chi connectivity index (χ1v) is 11.0. The van der Waals surface area contributed by atoms with Crippen LogP contribution in [0.3, 0.4) is 0 Å². The summed E-state index contributed by atoms with van der Waals surface area (Å²) in [5, 5.41) is 12.6. The van der Waals surface area contributed by atoms with Gasteiger partial charge in [0.05, 0.1) is 9.79 Å². The molecule has 148 valence electrons. The van der Waals surface area contributed by atoms with Gasteiger partial charge in [0, 0.05) is 31.2 Å². The summed E-state index contributed by atoms with van der Waals surface area (Å²) >= 11 is 0. The fraction of sp³-hybridized carbons (Fsp3) is 0.381. The van der Waals surface area contributed by atoms with Crippen molar-refractivity contribution >= 4 is 21.6 Å². The Labute approximate surface area is 165 Å². The lowest BCUT2D eigenvalue weighted by molar-refractivity contribution is 0.0861. The fourth-order valence-electron chi connectivity index (χ4n) is 4.39. The normalized spacial score (nSPS) is 21.0. The average molecular weight is 401 g/mol. The first-order chi connectivity index (χ1) is 13.3. The molecule has 0 radical (unpaired) electrons. The number of amides is 1. The summed E-state index contributed by atoms with van der Waals surface area (Å²) in [4.78, 5) is 13.3. The molecule has 6 nitrogen and oxygen atoms in total.